The molecule has 11 heteroatoms. The van der Waals surface area contributed by atoms with Crippen molar-refractivity contribution in [1.29, 1.82) is 0 Å². The van der Waals surface area contributed by atoms with Gasteiger partial charge >= 0.3 is 0 Å². The van der Waals surface area contributed by atoms with Gasteiger partial charge in [-0.1, -0.05) is 116 Å². The summed E-state index contributed by atoms with van der Waals surface area (Å²) >= 11 is 0. The van der Waals surface area contributed by atoms with Crippen molar-refractivity contribution in [2.75, 3.05) is 13.2 Å². The number of nitrogens with one attached hydrogen (secondary N) is 1. The molecular formula is C38H70FNO9. The molecule has 4 rings (SSSR count). The molecule has 7 N–H and O–H groups in total. The minimum Gasteiger partial charge on any atom is -0.394 e. The number of hydrogen-bond acceptors (Lipinski definition) is 9. The Morgan fingerprint density at radius 3 is 1.69 bits per heavy atom. The fourth-order valence-electron chi connectivity index (χ4n) is 8.16. The van der Waals surface area contributed by atoms with E-state index in [1.165, 1.54) is 96.3 Å². The fraction of sp³-hybridized carbons (Fsp3) is 0.974. The summed E-state index contributed by atoms with van der Waals surface area (Å²) in [5, 5.41) is 63.0. The number of rotatable bonds is 29. The molecule has 3 aliphatic carbocycles. The van der Waals surface area contributed by atoms with Gasteiger partial charge < -0.3 is 45.4 Å². The van der Waals surface area contributed by atoms with Crippen LogP contribution in [0, 0.1) is 5.41 Å². The van der Waals surface area contributed by atoms with Gasteiger partial charge in [0.15, 0.2) is 6.29 Å². The molecule has 0 aromatic carbocycles. The standard InChI is InChI=1S/C38H70FNO9/c1-2-29(42)32(44)28(24-48-36-35(47)34(46)33(45)30(23-41)49-36)40-31(43)21-19-17-15-13-11-9-7-5-3-4-6-8-10-12-14-16-18-20-22-37-25-38(39,26-37)27-37/h28-30,32-36,41-42,44-47H,2-27H2,1H3,(H,40,43)/t28-,29+,30?,32-,33?,34?,35?,36?,37?,38?/m0/s1. The van der Waals surface area contributed by atoms with Crippen molar-refractivity contribution in [3.05, 3.63) is 0 Å². The van der Waals surface area contributed by atoms with Crippen LogP contribution in [0.3, 0.4) is 0 Å². The van der Waals surface area contributed by atoms with E-state index in [-0.39, 0.29) is 25.4 Å². The van der Waals surface area contributed by atoms with Gasteiger partial charge in [-0.25, -0.2) is 4.39 Å². The summed E-state index contributed by atoms with van der Waals surface area (Å²) in [5.74, 6) is -0.283. The molecule has 0 aromatic heterocycles. The third kappa shape index (κ3) is 14.2. The van der Waals surface area contributed by atoms with E-state index in [0.717, 1.165) is 38.5 Å². The maximum Gasteiger partial charge on any atom is 0.220 e. The van der Waals surface area contributed by atoms with Crippen molar-refractivity contribution in [3.63, 3.8) is 0 Å². The lowest BCUT2D eigenvalue weighted by Crippen LogP contribution is -2.64. The molecule has 1 heterocycles. The topological polar surface area (TPSA) is 169 Å². The number of carbonyl (C=O) groups excluding carboxylic acids is 1. The second-order valence-electron chi connectivity index (χ2n) is 15.7. The van der Waals surface area contributed by atoms with Crippen LogP contribution in [0.2, 0.25) is 0 Å². The molecule has 8 atom stereocenters. The van der Waals surface area contributed by atoms with Gasteiger partial charge in [-0.15, -0.1) is 0 Å². The van der Waals surface area contributed by atoms with Gasteiger partial charge in [0.25, 0.3) is 0 Å². The van der Waals surface area contributed by atoms with Crippen molar-refractivity contribution in [2.45, 2.75) is 216 Å². The SMILES string of the molecule is CC[C@@H](O)[C@@H](O)[C@H](COC1OC(CO)C(O)C(O)C1O)NC(=O)CCCCCCCCCCCCCCCCCCCCC12CC(F)(C1)C2. The quantitative estimate of drug-likeness (QED) is 0.0524. The lowest BCUT2D eigenvalue weighted by molar-refractivity contribution is -0.303. The predicted molar refractivity (Wildman–Crippen MR) is 186 cm³/mol. The first-order chi connectivity index (χ1) is 23.5. The first-order valence-corrected chi connectivity index (χ1v) is 19.8. The Balaban J connectivity index is 1.11. The largest absolute Gasteiger partial charge is 0.394 e. The normalized spacial score (nSPS) is 31.1. The predicted octanol–water partition coefficient (Wildman–Crippen LogP) is 5.11. The van der Waals surface area contributed by atoms with Gasteiger partial charge in [0.1, 0.15) is 36.2 Å². The smallest absolute Gasteiger partial charge is 0.220 e. The Labute approximate surface area is 294 Å². The molecule has 0 spiro atoms. The van der Waals surface area contributed by atoms with Crippen molar-refractivity contribution in [2.24, 2.45) is 5.41 Å². The van der Waals surface area contributed by atoms with Crippen LogP contribution in [0.25, 0.3) is 0 Å². The van der Waals surface area contributed by atoms with E-state index in [4.69, 9.17) is 9.47 Å². The molecule has 4 fully saturated rings. The van der Waals surface area contributed by atoms with Gasteiger partial charge in [-0.3, -0.25) is 4.79 Å². The van der Waals surface area contributed by atoms with Crippen LogP contribution in [-0.2, 0) is 14.3 Å². The van der Waals surface area contributed by atoms with Gasteiger partial charge in [0.05, 0.1) is 25.4 Å². The molecule has 2 bridgehead atoms. The lowest BCUT2D eigenvalue weighted by Gasteiger charge is -2.66. The summed E-state index contributed by atoms with van der Waals surface area (Å²) in [5.41, 5.74) is -0.302. The number of alkyl halides is 1. The highest BCUT2D eigenvalue weighted by Gasteiger charge is 2.68. The van der Waals surface area contributed by atoms with E-state index in [2.05, 4.69) is 5.32 Å². The summed E-state index contributed by atoms with van der Waals surface area (Å²) in [4.78, 5) is 12.7. The first-order valence-electron chi connectivity index (χ1n) is 19.8. The van der Waals surface area contributed by atoms with Crippen LogP contribution < -0.4 is 5.32 Å². The molecule has 1 saturated heterocycles. The second-order valence-corrected chi connectivity index (χ2v) is 15.7. The summed E-state index contributed by atoms with van der Waals surface area (Å²) in [6.07, 6.45) is 17.0. The zero-order valence-corrected chi connectivity index (χ0v) is 30.3. The molecule has 4 aliphatic rings. The molecule has 10 nitrogen and oxygen atoms in total. The maximum absolute atomic E-state index is 13.6. The number of ether oxygens (including phenoxy) is 2. The van der Waals surface area contributed by atoms with Crippen molar-refractivity contribution >= 4 is 5.91 Å². The van der Waals surface area contributed by atoms with Crippen molar-refractivity contribution < 1.29 is 49.3 Å². The third-order valence-corrected chi connectivity index (χ3v) is 11.3. The van der Waals surface area contributed by atoms with E-state index < -0.39 is 61.2 Å². The van der Waals surface area contributed by atoms with Gasteiger partial charge in [0.2, 0.25) is 5.91 Å². The lowest BCUT2D eigenvalue weighted by atomic mass is 9.41. The van der Waals surface area contributed by atoms with E-state index in [1.807, 2.05) is 0 Å². The highest BCUT2D eigenvalue weighted by atomic mass is 19.1. The Hall–Kier alpha value is -0.920. The first kappa shape index (κ1) is 42.5. The number of hydrogen-bond donors (Lipinski definition) is 7. The number of unbranched alkanes of at least 4 members (excludes halogenated alkanes) is 17. The van der Waals surface area contributed by atoms with Crippen LogP contribution in [0.1, 0.15) is 161 Å². The number of halogens is 1. The zero-order chi connectivity index (χ0) is 35.7. The molecular weight excluding hydrogens is 633 g/mol. The molecule has 0 radical (unpaired) electrons. The van der Waals surface area contributed by atoms with Crippen LogP contribution >= 0.6 is 0 Å². The van der Waals surface area contributed by atoms with E-state index in [9.17, 15) is 39.8 Å². The van der Waals surface area contributed by atoms with E-state index >= 15 is 0 Å². The molecule has 5 unspecified atom stereocenters. The Kier molecular flexibility index (Phi) is 19.3. The average molecular weight is 704 g/mol. The van der Waals surface area contributed by atoms with Crippen molar-refractivity contribution in [1.82, 2.24) is 5.32 Å². The molecule has 1 aliphatic heterocycles. The van der Waals surface area contributed by atoms with Crippen LogP contribution in [0.15, 0.2) is 0 Å². The number of aliphatic hydroxyl groups is 6. The molecule has 1 amide bonds. The summed E-state index contributed by atoms with van der Waals surface area (Å²) < 4.78 is 24.5. The number of aliphatic hydroxyl groups excluding tert-OH is 6. The number of carbonyl (C=O) groups is 1. The Morgan fingerprint density at radius 2 is 1.24 bits per heavy atom. The van der Waals surface area contributed by atoms with Gasteiger partial charge in [-0.05, 0) is 43.9 Å². The highest BCUT2D eigenvalue weighted by Crippen LogP contribution is 2.71. The summed E-state index contributed by atoms with van der Waals surface area (Å²) in [6.45, 7) is 0.775. The monoisotopic (exact) mass is 704 g/mol. The van der Waals surface area contributed by atoms with Crippen molar-refractivity contribution in [3.8, 4) is 0 Å². The maximum atomic E-state index is 13.6. The minimum absolute atomic E-state index is 0.251. The molecule has 0 aromatic rings. The zero-order valence-electron chi connectivity index (χ0n) is 30.3. The number of amides is 1. The van der Waals surface area contributed by atoms with Gasteiger partial charge in [0, 0.05) is 6.42 Å². The second kappa shape index (κ2) is 22.2. The van der Waals surface area contributed by atoms with Crippen LogP contribution in [0.5, 0.6) is 0 Å². The molecule has 49 heavy (non-hydrogen) atoms. The summed E-state index contributed by atoms with van der Waals surface area (Å²) in [7, 11) is 0. The average Bonchev–Trinajstić information content (AvgIpc) is 3.06. The Morgan fingerprint density at radius 1 is 0.776 bits per heavy atom. The molecule has 288 valence electrons. The van der Waals surface area contributed by atoms with Crippen LogP contribution in [-0.4, -0.2) is 104 Å². The summed E-state index contributed by atoms with van der Waals surface area (Å²) in [6, 6.07) is -0.990. The minimum atomic E-state index is -1.60. The Bertz CT molecular complexity index is 891. The fourth-order valence-corrected chi connectivity index (χ4v) is 8.16. The highest BCUT2D eigenvalue weighted by molar-refractivity contribution is 5.76. The van der Waals surface area contributed by atoms with E-state index in [0.29, 0.717) is 11.8 Å². The third-order valence-electron chi connectivity index (χ3n) is 11.3. The van der Waals surface area contributed by atoms with Crippen LogP contribution in [0.4, 0.5) is 4.39 Å². The molecule has 3 saturated carbocycles. The van der Waals surface area contributed by atoms with Gasteiger partial charge in [-0.2, -0.15) is 0 Å². The van der Waals surface area contributed by atoms with E-state index in [1.54, 1.807) is 6.92 Å².